The van der Waals surface area contributed by atoms with Crippen molar-refractivity contribution in [2.24, 2.45) is 12.5 Å². The van der Waals surface area contributed by atoms with Gasteiger partial charge in [-0.15, -0.1) is 0 Å². The molecule has 2 aromatic rings. The molecule has 4 aliphatic carbocycles. The molecule has 160 valence electrons. The first kappa shape index (κ1) is 20.0. The topological polar surface area (TPSA) is 58.4 Å². The molecular formula is C23H27BrFN3O2. The van der Waals surface area contributed by atoms with Crippen molar-refractivity contribution >= 4 is 27.7 Å². The zero-order valence-corrected chi connectivity index (χ0v) is 18.8. The number of alkyl halides is 1. The molecule has 0 spiro atoms. The Labute approximate surface area is 184 Å². The lowest BCUT2D eigenvalue weighted by Gasteiger charge is -2.54. The monoisotopic (exact) mass is 475 g/mol. The first-order valence-electron chi connectivity index (χ1n) is 10.7. The molecule has 7 heteroatoms. The second-order valence-electron chi connectivity index (χ2n) is 9.63. The molecule has 0 atom stereocenters. The Bertz CT molecular complexity index is 976. The Morgan fingerprint density at radius 1 is 1.17 bits per heavy atom. The van der Waals surface area contributed by atoms with Crippen LogP contribution < -0.4 is 4.90 Å². The summed E-state index contributed by atoms with van der Waals surface area (Å²) in [7, 11) is 1.94. The van der Waals surface area contributed by atoms with Gasteiger partial charge in [-0.1, -0.05) is 22.0 Å². The Balaban J connectivity index is 1.36. The van der Waals surface area contributed by atoms with Crippen molar-refractivity contribution < 1.29 is 14.3 Å². The van der Waals surface area contributed by atoms with Gasteiger partial charge in [0.25, 0.3) is 0 Å². The molecule has 1 N–H and O–H groups in total. The minimum Gasteiger partial charge on any atom is -0.465 e. The van der Waals surface area contributed by atoms with E-state index in [0.29, 0.717) is 30.8 Å². The molecule has 0 unspecified atom stereocenters. The van der Waals surface area contributed by atoms with Gasteiger partial charge in [0, 0.05) is 34.9 Å². The van der Waals surface area contributed by atoms with Gasteiger partial charge in [0.05, 0.1) is 5.69 Å². The molecule has 1 amide bonds. The lowest BCUT2D eigenvalue weighted by molar-refractivity contribution is 0.0413. The van der Waals surface area contributed by atoms with Crippen LogP contribution in [0.3, 0.4) is 0 Å². The first-order valence-corrected chi connectivity index (χ1v) is 11.5. The number of hydrogen-bond donors (Lipinski definition) is 1. The summed E-state index contributed by atoms with van der Waals surface area (Å²) in [5.41, 5.74) is 1.34. The number of anilines is 1. The number of carbonyl (C=O) groups is 1. The van der Waals surface area contributed by atoms with Crippen LogP contribution in [0.15, 0.2) is 34.8 Å². The number of benzene rings is 1. The van der Waals surface area contributed by atoms with E-state index in [-0.39, 0.29) is 10.8 Å². The summed E-state index contributed by atoms with van der Waals surface area (Å²) in [6.07, 6.45) is 6.27. The van der Waals surface area contributed by atoms with Crippen LogP contribution in [-0.2, 0) is 18.1 Å². The van der Waals surface area contributed by atoms with Gasteiger partial charge in [-0.25, -0.2) is 9.18 Å². The zero-order valence-electron chi connectivity index (χ0n) is 17.2. The normalized spacial score (nSPS) is 29.0. The van der Waals surface area contributed by atoms with E-state index < -0.39 is 11.8 Å². The third-order valence-electron chi connectivity index (χ3n) is 7.82. The summed E-state index contributed by atoms with van der Waals surface area (Å²) < 4.78 is 17.3. The standard InChI is InChI=1S/C23H27BrFN3O2/c1-27-19(14-18(26-27)23(25)11-12-23)22-8-5-21(6-9-22,7-10-22)15-28(20(29)30)17-4-2-3-16(24)13-17/h2-4,13-14H,5-12,15H2,1H3,(H,29,30). The van der Waals surface area contributed by atoms with E-state index in [4.69, 9.17) is 0 Å². The first-order chi connectivity index (χ1) is 14.2. The van der Waals surface area contributed by atoms with Crippen molar-refractivity contribution in [1.82, 2.24) is 9.78 Å². The number of aryl methyl sites for hydroxylation is 1. The average Bonchev–Trinajstić information content (AvgIpc) is 3.35. The molecule has 0 radical (unpaired) electrons. The maximum absolute atomic E-state index is 14.6. The minimum atomic E-state index is -1.20. The fraction of sp³-hybridized carbons (Fsp3) is 0.565. The molecule has 1 heterocycles. The van der Waals surface area contributed by atoms with Crippen molar-refractivity contribution in [3.05, 3.63) is 46.2 Å². The number of aromatic nitrogens is 2. The van der Waals surface area contributed by atoms with Crippen LogP contribution in [0.4, 0.5) is 14.9 Å². The number of halogens is 2. The maximum Gasteiger partial charge on any atom is 0.411 e. The van der Waals surface area contributed by atoms with Crippen LogP contribution in [-0.4, -0.2) is 27.5 Å². The number of carboxylic acid groups (broad SMARTS) is 1. The molecule has 5 nitrogen and oxygen atoms in total. The number of hydrogen-bond acceptors (Lipinski definition) is 2. The van der Waals surface area contributed by atoms with Crippen LogP contribution in [0.2, 0.25) is 0 Å². The Kier molecular flexibility index (Phi) is 4.55. The maximum atomic E-state index is 14.6. The van der Waals surface area contributed by atoms with E-state index in [2.05, 4.69) is 21.0 Å². The minimum absolute atomic E-state index is 0.0156. The van der Waals surface area contributed by atoms with Crippen molar-refractivity contribution in [3.8, 4) is 0 Å². The quantitative estimate of drug-likeness (QED) is 0.583. The molecule has 0 saturated heterocycles. The Morgan fingerprint density at radius 2 is 1.83 bits per heavy atom. The van der Waals surface area contributed by atoms with Gasteiger partial charge in [0.15, 0.2) is 5.67 Å². The Hall–Kier alpha value is -1.89. The highest BCUT2D eigenvalue weighted by Gasteiger charge is 2.53. The highest BCUT2D eigenvalue weighted by atomic mass is 79.9. The summed E-state index contributed by atoms with van der Waals surface area (Å²) in [6.45, 7) is 0.527. The van der Waals surface area contributed by atoms with E-state index in [9.17, 15) is 14.3 Å². The van der Waals surface area contributed by atoms with Crippen molar-refractivity contribution in [1.29, 1.82) is 0 Å². The lowest BCUT2D eigenvalue weighted by Crippen LogP contribution is -2.51. The van der Waals surface area contributed by atoms with E-state index in [1.165, 1.54) is 4.90 Å². The second kappa shape index (κ2) is 6.81. The van der Waals surface area contributed by atoms with E-state index in [1.807, 2.05) is 42.1 Å². The van der Waals surface area contributed by atoms with Crippen molar-refractivity contribution in [2.45, 2.75) is 62.5 Å². The third-order valence-corrected chi connectivity index (χ3v) is 8.31. The molecule has 4 fully saturated rings. The zero-order chi connectivity index (χ0) is 21.1. The predicted molar refractivity (Wildman–Crippen MR) is 117 cm³/mol. The van der Waals surface area contributed by atoms with E-state index >= 15 is 0 Å². The molecule has 4 aliphatic rings. The molecule has 4 saturated carbocycles. The summed E-state index contributed by atoms with van der Waals surface area (Å²) in [6, 6.07) is 9.51. The van der Waals surface area contributed by atoms with Crippen LogP contribution in [0, 0.1) is 5.41 Å². The number of rotatable bonds is 5. The molecule has 1 aromatic heterocycles. The van der Waals surface area contributed by atoms with Crippen molar-refractivity contribution in [2.75, 3.05) is 11.4 Å². The van der Waals surface area contributed by atoms with Gasteiger partial charge in [0.2, 0.25) is 0 Å². The van der Waals surface area contributed by atoms with E-state index in [0.717, 1.165) is 48.7 Å². The summed E-state index contributed by atoms with van der Waals surface area (Å²) in [5, 5.41) is 14.4. The van der Waals surface area contributed by atoms with Gasteiger partial charge in [-0.3, -0.25) is 9.58 Å². The Morgan fingerprint density at radius 3 is 2.40 bits per heavy atom. The van der Waals surface area contributed by atoms with Gasteiger partial charge in [0.1, 0.15) is 0 Å². The van der Waals surface area contributed by atoms with Gasteiger partial charge in [-0.2, -0.15) is 5.10 Å². The highest BCUT2D eigenvalue weighted by Crippen LogP contribution is 2.59. The molecule has 0 aliphatic heterocycles. The fourth-order valence-corrected chi connectivity index (χ4v) is 6.07. The molecule has 1 aromatic carbocycles. The molecule has 30 heavy (non-hydrogen) atoms. The average molecular weight is 476 g/mol. The van der Waals surface area contributed by atoms with Crippen LogP contribution in [0.5, 0.6) is 0 Å². The van der Waals surface area contributed by atoms with Crippen LogP contribution in [0.25, 0.3) is 0 Å². The van der Waals surface area contributed by atoms with Crippen molar-refractivity contribution in [3.63, 3.8) is 0 Å². The third kappa shape index (κ3) is 3.26. The molecule has 2 bridgehead atoms. The van der Waals surface area contributed by atoms with Gasteiger partial charge < -0.3 is 5.11 Å². The number of fused-ring (bicyclic) bond motifs is 3. The highest BCUT2D eigenvalue weighted by molar-refractivity contribution is 9.10. The predicted octanol–water partition coefficient (Wildman–Crippen LogP) is 5.92. The number of nitrogens with zero attached hydrogens (tertiary/aromatic N) is 3. The van der Waals surface area contributed by atoms with Gasteiger partial charge >= 0.3 is 6.09 Å². The summed E-state index contributed by atoms with van der Waals surface area (Å²) in [4.78, 5) is 13.6. The smallest absolute Gasteiger partial charge is 0.411 e. The lowest BCUT2D eigenvalue weighted by atomic mass is 9.52. The second-order valence-corrected chi connectivity index (χ2v) is 10.5. The SMILES string of the molecule is Cn1nc(C2(F)CC2)cc1C12CCC(CN(C(=O)O)c3cccc(Br)c3)(CC1)CC2. The molecule has 6 rings (SSSR count). The largest absolute Gasteiger partial charge is 0.465 e. The van der Waals surface area contributed by atoms with Crippen LogP contribution >= 0.6 is 15.9 Å². The van der Waals surface area contributed by atoms with E-state index in [1.54, 1.807) is 0 Å². The number of amides is 1. The molecular weight excluding hydrogens is 449 g/mol. The summed E-state index contributed by atoms with van der Waals surface area (Å²) >= 11 is 3.45. The fourth-order valence-electron chi connectivity index (χ4n) is 5.68. The summed E-state index contributed by atoms with van der Waals surface area (Å²) in [5.74, 6) is 0. The van der Waals surface area contributed by atoms with Gasteiger partial charge in [-0.05, 0) is 81.0 Å². The van der Waals surface area contributed by atoms with Crippen LogP contribution in [0.1, 0.15) is 62.8 Å².